The summed E-state index contributed by atoms with van der Waals surface area (Å²) >= 11 is 0. The molecule has 0 aliphatic heterocycles. The number of nitrogens with two attached hydrogens (primary N) is 2. The summed E-state index contributed by atoms with van der Waals surface area (Å²) in [5, 5.41) is 10.7. The average Bonchev–Trinajstić information content (AvgIpc) is 2.57. The van der Waals surface area contributed by atoms with Gasteiger partial charge in [0.2, 0.25) is 11.9 Å². The minimum Gasteiger partial charge on any atom is -0.507 e. The van der Waals surface area contributed by atoms with Gasteiger partial charge in [-0.05, 0) is 52.7 Å². The normalized spacial score (nSPS) is 14.5. The van der Waals surface area contributed by atoms with Gasteiger partial charge < -0.3 is 16.6 Å². The second-order valence-corrected chi connectivity index (χ2v) is 10.5. The molecule has 0 amide bonds. The van der Waals surface area contributed by atoms with Crippen molar-refractivity contribution in [3.8, 4) is 5.75 Å². The van der Waals surface area contributed by atoms with Gasteiger partial charge >= 0.3 is 0 Å². The number of anilines is 2. The second-order valence-electron chi connectivity index (χ2n) is 10.5. The van der Waals surface area contributed by atoms with Gasteiger partial charge in [0.25, 0.3) is 0 Å². The molecule has 0 saturated carbocycles. The third-order valence-electron chi connectivity index (χ3n) is 5.98. The van der Waals surface area contributed by atoms with Gasteiger partial charge in [0.05, 0.1) is 0 Å². The van der Waals surface area contributed by atoms with Gasteiger partial charge in [-0.25, -0.2) is 0 Å². The highest BCUT2D eigenvalue weighted by Gasteiger charge is 2.39. The summed E-state index contributed by atoms with van der Waals surface area (Å²) in [5.74, 6) is 1.99. The lowest BCUT2D eigenvalue weighted by atomic mass is 9.61. The minimum absolute atomic E-state index is 0.0890. The van der Waals surface area contributed by atoms with Crippen molar-refractivity contribution in [3.63, 3.8) is 0 Å². The molecule has 0 fully saturated rings. The van der Waals surface area contributed by atoms with Crippen LogP contribution in [0.5, 0.6) is 5.75 Å². The van der Waals surface area contributed by atoms with E-state index in [9.17, 15) is 5.11 Å². The molecule has 0 bridgehead atoms. The summed E-state index contributed by atoms with van der Waals surface area (Å²) in [6.07, 6.45) is 2.24. The van der Waals surface area contributed by atoms with Crippen LogP contribution in [0.1, 0.15) is 83.3 Å². The lowest BCUT2D eigenvalue weighted by Crippen LogP contribution is -2.34. The zero-order chi connectivity index (χ0) is 22.9. The molecule has 30 heavy (non-hydrogen) atoms. The van der Waals surface area contributed by atoms with Crippen LogP contribution in [0.15, 0.2) is 12.1 Å². The molecule has 0 spiro atoms. The predicted octanol–water partition coefficient (Wildman–Crippen LogP) is 5.04. The number of nitrogen functional groups attached to an aromatic ring is 2. The Labute approximate surface area is 181 Å². The predicted molar refractivity (Wildman–Crippen MR) is 124 cm³/mol. The number of aromatic hydroxyl groups is 1. The summed E-state index contributed by atoms with van der Waals surface area (Å²) in [6, 6.07) is 4.32. The fourth-order valence-corrected chi connectivity index (χ4v) is 4.75. The Bertz CT molecular complexity index is 860. The van der Waals surface area contributed by atoms with E-state index in [4.69, 9.17) is 11.5 Å². The van der Waals surface area contributed by atoms with Crippen molar-refractivity contribution in [2.24, 2.45) is 16.7 Å². The Morgan fingerprint density at radius 1 is 0.900 bits per heavy atom. The van der Waals surface area contributed by atoms with E-state index in [0.717, 1.165) is 17.5 Å². The van der Waals surface area contributed by atoms with E-state index in [1.807, 2.05) is 6.92 Å². The zero-order valence-corrected chi connectivity index (χ0v) is 19.9. The SMILES string of the molecule is CCC(C(c1cc(C)c(O)c(CCc2nc(N)nc(N)n2)c1)C(C)(C)C)C(C)(C)C. The number of aryl methyl sites for hydroxylation is 3. The maximum absolute atomic E-state index is 10.7. The van der Waals surface area contributed by atoms with Crippen molar-refractivity contribution in [2.75, 3.05) is 11.5 Å². The zero-order valence-electron chi connectivity index (χ0n) is 19.9. The molecular weight excluding hydrogens is 374 g/mol. The van der Waals surface area contributed by atoms with Crippen LogP contribution in [0.2, 0.25) is 0 Å². The molecule has 166 valence electrons. The molecule has 1 aromatic heterocycles. The van der Waals surface area contributed by atoms with E-state index in [1.165, 1.54) is 5.56 Å². The molecule has 2 unspecified atom stereocenters. The number of benzene rings is 1. The summed E-state index contributed by atoms with van der Waals surface area (Å²) in [7, 11) is 0. The van der Waals surface area contributed by atoms with Gasteiger partial charge in [-0.1, -0.05) is 67.0 Å². The van der Waals surface area contributed by atoms with Crippen LogP contribution in [-0.4, -0.2) is 20.1 Å². The van der Waals surface area contributed by atoms with Crippen LogP contribution in [0.4, 0.5) is 11.9 Å². The molecule has 5 N–H and O–H groups in total. The highest BCUT2D eigenvalue weighted by Crippen LogP contribution is 2.50. The van der Waals surface area contributed by atoms with Gasteiger partial charge in [-0.3, -0.25) is 0 Å². The summed E-state index contributed by atoms with van der Waals surface area (Å²) in [5.41, 5.74) is 14.7. The van der Waals surface area contributed by atoms with Gasteiger partial charge in [-0.2, -0.15) is 15.0 Å². The molecule has 0 radical (unpaired) electrons. The van der Waals surface area contributed by atoms with E-state index in [1.54, 1.807) is 0 Å². The molecule has 2 atom stereocenters. The van der Waals surface area contributed by atoms with Gasteiger partial charge in [0.15, 0.2) is 0 Å². The molecule has 1 heterocycles. The Kier molecular flexibility index (Phi) is 7.00. The Morgan fingerprint density at radius 3 is 1.93 bits per heavy atom. The third-order valence-corrected chi connectivity index (χ3v) is 5.98. The topological polar surface area (TPSA) is 111 Å². The van der Waals surface area contributed by atoms with Crippen molar-refractivity contribution >= 4 is 11.9 Å². The van der Waals surface area contributed by atoms with E-state index in [0.29, 0.717) is 36.3 Å². The van der Waals surface area contributed by atoms with Crippen LogP contribution in [0.25, 0.3) is 0 Å². The fourth-order valence-electron chi connectivity index (χ4n) is 4.75. The van der Waals surface area contributed by atoms with Gasteiger partial charge in [0, 0.05) is 6.42 Å². The molecule has 6 heteroatoms. The van der Waals surface area contributed by atoms with Crippen LogP contribution >= 0.6 is 0 Å². The van der Waals surface area contributed by atoms with E-state index in [2.05, 4.69) is 75.6 Å². The van der Waals surface area contributed by atoms with Crippen molar-refractivity contribution in [1.82, 2.24) is 15.0 Å². The summed E-state index contributed by atoms with van der Waals surface area (Å²) < 4.78 is 0. The summed E-state index contributed by atoms with van der Waals surface area (Å²) in [4.78, 5) is 12.2. The number of aromatic nitrogens is 3. The first-order valence-electron chi connectivity index (χ1n) is 10.8. The molecule has 0 saturated heterocycles. The number of phenolic OH excluding ortho intramolecular Hbond substituents is 1. The molecule has 0 aliphatic rings. The number of hydrogen-bond donors (Lipinski definition) is 3. The minimum atomic E-state index is 0.0890. The standard InChI is InChI=1S/C24H39N5O/c1-9-17(23(3,4)5)19(24(6,7)8)16-12-14(2)20(30)15(13-16)10-11-18-27-21(25)29-22(26)28-18/h12-13,17,19,30H,9-11H2,1-8H3,(H4,25,26,27,28,29). The first-order chi connectivity index (χ1) is 13.7. The highest BCUT2D eigenvalue weighted by atomic mass is 16.3. The summed E-state index contributed by atoms with van der Waals surface area (Å²) in [6.45, 7) is 18.1. The largest absolute Gasteiger partial charge is 0.507 e. The van der Waals surface area contributed by atoms with Crippen LogP contribution < -0.4 is 11.5 Å². The lowest BCUT2D eigenvalue weighted by molar-refractivity contribution is 0.122. The quantitative estimate of drug-likeness (QED) is 0.612. The molecule has 6 nitrogen and oxygen atoms in total. The maximum atomic E-state index is 10.7. The van der Waals surface area contributed by atoms with Crippen LogP contribution in [-0.2, 0) is 12.8 Å². The number of phenols is 1. The van der Waals surface area contributed by atoms with Crippen LogP contribution in [0.3, 0.4) is 0 Å². The molecule has 2 aromatic rings. The first-order valence-corrected chi connectivity index (χ1v) is 10.8. The molecule has 2 rings (SSSR count). The van der Waals surface area contributed by atoms with Gasteiger partial charge in [0.1, 0.15) is 11.6 Å². The van der Waals surface area contributed by atoms with Crippen molar-refractivity contribution in [2.45, 2.75) is 80.6 Å². The van der Waals surface area contributed by atoms with Crippen LogP contribution in [0, 0.1) is 23.7 Å². The van der Waals surface area contributed by atoms with Crippen molar-refractivity contribution < 1.29 is 5.11 Å². The smallest absolute Gasteiger partial charge is 0.225 e. The monoisotopic (exact) mass is 413 g/mol. The van der Waals surface area contributed by atoms with Crippen molar-refractivity contribution in [1.29, 1.82) is 0 Å². The number of rotatable bonds is 6. The van der Waals surface area contributed by atoms with E-state index < -0.39 is 0 Å². The Morgan fingerprint density at radius 2 is 1.47 bits per heavy atom. The number of hydrogen-bond acceptors (Lipinski definition) is 6. The van der Waals surface area contributed by atoms with Crippen molar-refractivity contribution in [3.05, 3.63) is 34.6 Å². The number of nitrogens with zero attached hydrogens (tertiary/aromatic N) is 3. The maximum Gasteiger partial charge on any atom is 0.225 e. The fraction of sp³-hybridized carbons (Fsp3) is 0.625. The highest BCUT2D eigenvalue weighted by molar-refractivity contribution is 5.45. The lowest BCUT2D eigenvalue weighted by Gasteiger charge is -2.44. The van der Waals surface area contributed by atoms with Gasteiger partial charge in [-0.15, -0.1) is 0 Å². The Hall–Kier alpha value is -2.37. The second kappa shape index (κ2) is 8.78. The Balaban J connectivity index is 2.46. The third kappa shape index (κ3) is 5.61. The molecular formula is C24H39N5O. The molecule has 1 aromatic carbocycles. The van der Waals surface area contributed by atoms with E-state index >= 15 is 0 Å². The van der Waals surface area contributed by atoms with E-state index in [-0.39, 0.29) is 22.7 Å². The first kappa shape index (κ1) is 23.9. The molecule has 0 aliphatic carbocycles. The average molecular weight is 414 g/mol.